The van der Waals surface area contributed by atoms with Crippen molar-refractivity contribution in [3.8, 4) is 23.7 Å². The third-order valence-electron chi connectivity index (χ3n) is 12.2. The van der Waals surface area contributed by atoms with Crippen LogP contribution >= 0.6 is 0 Å². The normalized spacial score (nSPS) is 12.1. The van der Waals surface area contributed by atoms with Crippen LogP contribution in [-0.4, -0.2) is 151 Å². The number of amides is 5. The third-order valence-corrected chi connectivity index (χ3v) is 12.2. The zero-order chi connectivity index (χ0) is 54.3. The third kappa shape index (κ3) is 20.9. The zero-order valence-corrected chi connectivity index (χ0v) is 43.6. The second-order valence-corrected chi connectivity index (χ2v) is 17.8. The topological polar surface area (TPSA) is 212 Å². The van der Waals surface area contributed by atoms with Crippen LogP contribution in [0, 0.1) is 23.7 Å². The van der Waals surface area contributed by atoms with Crippen LogP contribution in [0.2, 0.25) is 0 Å². The number of para-hydroxylation sites is 2. The minimum atomic E-state index is -0.963. The molecular formula is C59H69N5O13. The van der Waals surface area contributed by atoms with Gasteiger partial charge in [0.25, 0.3) is 0 Å². The van der Waals surface area contributed by atoms with Crippen LogP contribution in [0.5, 0.6) is 0 Å². The summed E-state index contributed by atoms with van der Waals surface area (Å²) in [5, 5.41) is 14.6. The Labute approximate surface area is 450 Å². The van der Waals surface area contributed by atoms with E-state index in [-0.39, 0.29) is 127 Å². The highest BCUT2D eigenvalue weighted by atomic mass is 16.5. The van der Waals surface area contributed by atoms with E-state index in [1.54, 1.807) is 14.7 Å². The summed E-state index contributed by atoms with van der Waals surface area (Å²) in [6.07, 6.45) is 0.382. The summed E-state index contributed by atoms with van der Waals surface area (Å²) in [6, 6.07) is 30.5. The molecule has 18 nitrogen and oxygen atoms in total. The molecule has 0 unspecified atom stereocenters. The van der Waals surface area contributed by atoms with Crippen LogP contribution in [0.3, 0.4) is 0 Å². The Bertz CT molecular complexity index is 2540. The molecule has 77 heavy (non-hydrogen) atoms. The molecule has 0 atom stereocenters. The Balaban J connectivity index is 0.741. The molecule has 0 spiro atoms. The SMILES string of the molecule is O=C(O)CCCC(=O)N(CCOCCOCCOCCNC(=O)CCC(=O)N1Cc2ccccc2C#Cc2ccccc21)CCOCCOCCOCCNC(=O)CCC(=O)N1Cc2ccccc2C#Cc2ccccc21. The van der Waals surface area contributed by atoms with E-state index in [1.807, 2.05) is 97.1 Å². The molecule has 4 aromatic carbocycles. The fraction of sp³-hybridized carbons (Fsp3) is 0.424. The summed E-state index contributed by atoms with van der Waals surface area (Å²) >= 11 is 0. The molecule has 4 aromatic rings. The molecule has 0 radical (unpaired) electrons. The van der Waals surface area contributed by atoms with Gasteiger partial charge in [0.2, 0.25) is 29.5 Å². The lowest BCUT2D eigenvalue weighted by molar-refractivity contribution is -0.137. The second kappa shape index (κ2) is 33.6. The predicted molar refractivity (Wildman–Crippen MR) is 288 cm³/mol. The van der Waals surface area contributed by atoms with Crippen molar-refractivity contribution in [3.05, 3.63) is 130 Å². The summed E-state index contributed by atoms with van der Waals surface area (Å²) in [5.74, 6) is 10.8. The lowest BCUT2D eigenvalue weighted by atomic mass is 10.0. The van der Waals surface area contributed by atoms with Gasteiger partial charge in [0.05, 0.1) is 104 Å². The molecule has 3 N–H and O–H groups in total. The first-order valence-corrected chi connectivity index (χ1v) is 26.1. The summed E-state index contributed by atoms with van der Waals surface area (Å²) in [6.45, 7) is 5.36. The van der Waals surface area contributed by atoms with Gasteiger partial charge in [-0.1, -0.05) is 84.3 Å². The molecule has 2 heterocycles. The van der Waals surface area contributed by atoms with E-state index in [0.29, 0.717) is 65.8 Å². The van der Waals surface area contributed by atoms with Crippen molar-refractivity contribution in [2.45, 2.75) is 58.0 Å². The van der Waals surface area contributed by atoms with Crippen molar-refractivity contribution >= 4 is 46.9 Å². The standard InChI is InChI=1S/C59H69N5O13/c65-54(24-26-57(68)63-44-50-14-3-1-10-46(50)20-22-48-12-5-7-16-52(48)63)60-28-32-72-36-40-76-42-38-74-34-30-62(56(67)18-9-19-59(70)71)31-35-75-39-43-77-41-37-73-33-29-61-55(66)25-27-58(69)64-45-51-15-4-2-11-47(51)21-23-49-13-6-8-17-53(49)64/h1-8,10-17H,9,18-19,24-45H2,(H,60,65)(H,61,66)(H,70,71). The average molecular weight is 1060 g/mol. The minimum Gasteiger partial charge on any atom is -0.481 e. The quantitative estimate of drug-likeness (QED) is 0.0422. The molecule has 0 aromatic heterocycles. The monoisotopic (exact) mass is 1060 g/mol. The number of carbonyl (C=O) groups excluding carboxylic acids is 5. The maximum Gasteiger partial charge on any atom is 0.303 e. The Kier molecular flexibility index (Phi) is 25.7. The molecule has 0 bridgehead atoms. The van der Waals surface area contributed by atoms with Crippen molar-refractivity contribution in [2.75, 3.05) is 115 Å². The van der Waals surface area contributed by atoms with Crippen molar-refractivity contribution < 1.29 is 62.3 Å². The first-order valence-electron chi connectivity index (χ1n) is 26.1. The minimum absolute atomic E-state index is 0.0403. The summed E-state index contributed by atoms with van der Waals surface area (Å²) < 4.78 is 33.7. The summed E-state index contributed by atoms with van der Waals surface area (Å²) in [5.41, 5.74) is 6.60. The molecular weight excluding hydrogens is 987 g/mol. The van der Waals surface area contributed by atoms with E-state index in [9.17, 15) is 28.8 Å². The fourth-order valence-corrected chi connectivity index (χ4v) is 8.17. The smallest absolute Gasteiger partial charge is 0.303 e. The number of nitrogens with zero attached hydrogens (tertiary/aromatic N) is 3. The van der Waals surface area contributed by atoms with Crippen LogP contribution in [0.1, 0.15) is 78.3 Å². The highest BCUT2D eigenvalue weighted by molar-refractivity contribution is 5.98. The maximum absolute atomic E-state index is 13.4. The van der Waals surface area contributed by atoms with Crippen LogP contribution in [0.25, 0.3) is 0 Å². The van der Waals surface area contributed by atoms with Crippen molar-refractivity contribution in [1.29, 1.82) is 0 Å². The van der Waals surface area contributed by atoms with Gasteiger partial charge < -0.3 is 58.9 Å². The van der Waals surface area contributed by atoms with E-state index in [4.69, 9.17) is 33.5 Å². The number of benzene rings is 4. The van der Waals surface area contributed by atoms with Crippen LogP contribution in [0.15, 0.2) is 97.1 Å². The zero-order valence-electron chi connectivity index (χ0n) is 43.6. The Morgan fingerprint density at radius 2 is 0.805 bits per heavy atom. The van der Waals surface area contributed by atoms with Crippen LogP contribution in [0.4, 0.5) is 11.4 Å². The van der Waals surface area contributed by atoms with E-state index < -0.39 is 5.97 Å². The van der Waals surface area contributed by atoms with Gasteiger partial charge in [0.15, 0.2) is 0 Å². The van der Waals surface area contributed by atoms with E-state index in [2.05, 4.69) is 34.3 Å². The largest absolute Gasteiger partial charge is 0.481 e. The highest BCUT2D eigenvalue weighted by Gasteiger charge is 2.24. The van der Waals surface area contributed by atoms with E-state index in [0.717, 1.165) is 44.8 Å². The van der Waals surface area contributed by atoms with Crippen LogP contribution in [-0.2, 0) is 70.3 Å². The molecule has 2 aliphatic rings. The van der Waals surface area contributed by atoms with E-state index >= 15 is 0 Å². The first-order chi connectivity index (χ1) is 37.7. The van der Waals surface area contributed by atoms with Gasteiger partial charge in [-0.05, 0) is 53.9 Å². The molecule has 408 valence electrons. The lowest BCUT2D eigenvalue weighted by Gasteiger charge is -2.26. The first kappa shape index (κ1) is 58.8. The molecule has 18 heteroatoms. The number of carboxylic acid groups (broad SMARTS) is 1. The number of hydrogen-bond acceptors (Lipinski definition) is 12. The number of nitrogens with one attached hydrogen (secondary N) is 2. The molecule has 0 saturated carbocycles. The van der Waals surface area contributed by atoms with Gasteiger partial charge in [0.1, 0.15) is 0 Å². The second-order valence-electron chi connectivity index (χ2n) is 17.8. The molecule has 2 aliphatic heterocycles. The van der Waals surface area contributed by atoms with Crippen molar-refractivity contribution in [2.24, 2.45) is 0 Å². The van der Waals surface area contributed by atoms with Gasteiger partial charge in [-0.3, -0.25) is 28.8 Å². The Hall–Kier alpha value is -7.42. The maximum atomic E-state index is 13.4. The predicted octanol–water partition coefficient (Wildman–Crippen LogP) is 4.86. The Morgan fingerprint density at radius 3 is 1.23 bits per heavy atom. The lowest BCUT2D eigenvalue weighted by Crippen LogP contribution is -2.37. The number of anilines is 2. The Morgan fingerprint density at radius 1 is 0.442 bits per heavy atom. The number of aliphatic carboxylic acids is 1. The summed E-state index contributed by atoms with van der Waals surface area (Å²) in [4.78, 5) is 80.9. The van der Waals surface area contributed by atoms with Crippen molar-refractivity contribution in [1.82, 2.24) is 15.5 Å². The van der Waals surface area contributed by atoms with Gasteiger partial charge >= 0.3 is 5.97 Å². The van der Waals surface area contributed by atoms with Crippen molar-refractivity contribution in [3.63, 3.8) is 0 Å². The van der Waals surface area contributed by atoms with Gasteiger partial charge in [-0.25, -0.2) is 0 Å². The number of rotatable bonds is 34. The number of fused-ring (bicyclic) bond motifs is 4. The van der Waals surface area contributed by atoms with Gasteiger partial charge in [-0.2, -0.15) is 0 Å². The number of carbonyl (C=O) groups is 6. The number of ether oxygens (including phenoxy) is 6. The molecule has 6 rings (SSSR count). The number of hydrogen-bond donors (Lipinski definition) is 3. The van der Waals surface area contributed by atoms with Gasteiger partial charge in [0, 0.05) is 87.0 Å². The average Bonchev–Trinajstić information content (AvgIpc) is 3.43. The highest BCUT2D eigenvalue weighted by Crippen LogP contribution is 2.28. The number of carboxylic acids is 1. The van der Waals surface area contributed by atoms with E-state index in [1.165, 1.54) is 0 Å². The van der Waals surface area contributed by atoms with Gasteiger partial charge in [-0.15, -0.1) is 0 Å². The summed E-state index contributed by atoms with van der Waals surface area (Å²) in [7, 11) is 0. The van der Waals surface area contributed by atoms with Crippen LogP contribution < -0.4 is 20.4 Å². The molecule has 0 fully saturated rings. The molecule has 5 amide bonds. The fourth-order valence-electron chi connectivity index (χ4n) is 8.17. The molecule has 0 aliphatic carbocycles. The molecule has 0 saturated heterocycles.